The first-order valence-electron chi connectivity index (χ1n) is 6.06. The summed E-state index contributed by atoms with van der Waals surface area (Å²) in [5.41, 5.74) is 3.33. The molecule has 96 valence electrons. The fourth-order valence-corrected chi connectivity index (χ4v) is 1.59. The Balaban J connectivity index is 2.08. The van der Waals surface area contributed by atoms with Crippen LogP contribution in [0.4, 0.5) is 11.7 Å². The van der Waals surface area contributed by atoms with Gasteiger partial charge in [0, 0.05) is 5.69 Å². The van der Waals surface area contributed by atoms with Gasteiger partial charge in [0.05, 0.1) is 6.54 Å². The van der Waals surface area contributed by atoms with Crippen molar-refractivity contribution in [2.45, 2.75) is 27.3 Å². The number of nitrogens with one attached hydrogen (secondary N) is 2. The van der Waals surface area contributed by atoms with Gasteiger partial charge in [0.2, 0.25) is 5.89 Å². The molecule has 5 heteroatoms. The first-order chi connectivity index (χ1) is 8.69. The number of nitrogens with zero attached hydrogens (tertiary/aromatic N) is 2. The van der Waals surface area contributed by atoms with E-state index < -0.39 is 0 Å². The fraction of sp³-hybridized carbons (Fsp3) is 0.385. The number of anilines is 2. The van der Waals surface area contributed by atoms with Gasteiger partial charge in [-0.3, -0.25) is 0 Å². The molecule has 5 nitrogen and oxygen atoms in total. The largest absolute Gasteiger partial charge is 0.406 e. The lowest BCUT2D eigenvalue weighted by Crippen LogP contribution is -2.11. The molecule has 1 aromatic heterocycles. The molecule has 0 saturated heterocycles. The first kappa shape index (κ1) is 12.6. The normalized spacial score (nSPS) is 10.6. The Kier molecular flexibility index (Phi) is 3.94. The third kappa shape index (κ3) is 3.07. The van der Waals surface area contributed by atoms with Crippen molar-refractivity contribution in [3.05, 3.63) is 35.2 Å². The molecule has 0 unspecified atom stereocenters. The van der Waals surface area contributed by atoms with Crippen LogP contribution in [0.1, 0.15) is 23.9 Å². The Hall–Kier alpha value is -1.88. The van der Waals surface area contributed by atoms with Gasteiger partial charge in [0.1, 0.15) is 0 Å². The van der Waals surface area contributed by atoms with Gasteiger partial charge in [-0.1, -0.05) is 24.2 Å². The molecule has 0 saturated carbocycles. The fourth-order valence-electron chi connectivity index (χ4n) is 1.59. The van der Waals surface area contributed by atoms with Gasteiger partial charge in [-0.2, -0.15) is 0 Å². The van der Waals surface area contributed by atoms with Gasteiger partial charge in [-0.15, -0.1) is 5.10 Å². The van der Waals surface area contributed by atoms with Crippen molar-refractivity contribution in [2.24, 2.45) is 0 Å². The molecule has 1 heterocycles. The number of aromatic nitrogens is 2. The number of rotatable bonds is 5. The van der Waals surface area contributed by atoms with Crippen LogP contribution in [0.2, 0.25) is 0 Å². The van der Waals surface area contributed by atoms with E-state index in [-0.39, 0.29) is 0 Å². The molecule has 2 rings (SSSR count). The number of hydrogen-bond donors (Lipinski definition) is 2. The van der Waals surface area contributed by atoms with E-state index in [4.69, 9.17) is 4.42 Å². The van der Waals surface area contributed by atoms with Crippen molar-refractivity contribution >= 4 is 11.7 Å². The minimum atomic E-state index is 0.427. The van der Waals surface area contributed by atoms with Crippen LogP contribution in [0.15, 0.2) is 22.6 Å². The maximum absolute atomic E-state index is 5.49. The van der Waals surface area contributed by atoms with Gasteiger partial charge in [-0.05, 0) is 37.6 Å². The number of aryl methyl sites for hydroxylation is 2. The molecule has 0 aliphatic rings. The second-order valence-corrected chi connectivity index (χ2v) is 4.22. The van der Waals surface area contributed by atoms with E-state index in [1.54, 1.807) is 0 Å². The molecule has 0 spiro atoms. The highest BCUT2D eigenvalue weighted by Crippen LogP contribution is 2.20. The van der Waals surface area contributed by atoms with Crippen LogP contribution in [-0.2, 0) is 6.54 Å². The lowest BCUT2D eigenvalue weighted by molar-refractivity contribution is 0.484. The second kappa shape index (κ2) is 5.64. The summed E-state index contributed by atoms with van der Waals surface area (Å²) >= 11 is 0. The zero-order valence-electron chi connectivity index (χ0n) is 10.9. The van der Waals surface area contributed by atoms with Crippen LogP contribution in [0.3, 0.4) is 0 Å². The van der Waals surface area contributed by atoms with Gasteiger partial charge < -0.3 is 15.1 Å². The summed E-state index contributed by atoms with van der Waals surface area (Å²) in [7, 11) is 0. The molecule has 18 heavy (non-hydrogen) atoms. The van der Waals surface area contributed by atoms with Crippen molar-refractivity contribution in [1.82, 2.24) is 15.5 Å². The highest BCUT2D eigenvalue weighted by atomic mass is 16.4. The lowest BCUT2D eigenvalue weighted by atomic mass is 10.1. The minimum Gasteiger partial charge on any atom is -0.406 e. The van der Waals surface area contributed by atoms with Crippen molar-refractivity contribution in [3.8, 4) is 0 Å². The van der Waals surface area contributed by atoms with Crippen LogP contribution in [0.5, 0.6) is 0 Å². The minimum absolute atomic E-state index is 0.427. The number of benzene rings is 1. The monoisotopic (exact) mass is 246 g/mol. The smallest absolute Gasteiger partial charge is 0.320 e. The third-order valence-electron chi connectivity index (χ3n) is 2.63. The molecule has 0 atom stereocenters. The van der Waals surface area contributed by atoms with E-state index in [1.165, 1.54) is 5.56 Å². The van der Waals surface area contributed by atoms with E-state index >= 15 is 0 Å². The summed E-state index contributed by atoms with van der Waals surface area (Å²) in [6.45, 7) is 7.60. The van der Waals surface area contributed by atoms with E-state index in [1.807, 2.05) is 13.8 Å². The molecule has 0 bridgehead atoms. The van der Waals surface area contributed by atoms with Crippen molar-refractivity contribution in [2.75, 3.05) is 11.9 Å². The van der Waals surface area contributed by atoms with Gasteiger partial charge >= 0.3 is 6.01 Å². The van der Waals surface area contributed by atoms with E-state index in [2.05, 4.69) is 46.0 Å². The molecule has 0 fully saturated rings. The van der Waals surface area contributed by atoms with Crippen LogP contribution in [0.25, 0.3) is 0 Å². The zero-order chi connectivity index (χ0) is 13.0. The van der Waals surface area contributed by atoms with Gasteiger partial charge in [0.25, 0.3) is 0 Å². The molecule has 1 aromatic carbocycles. The highest BCUT2D eigenvalue weighted by molar-refractivity contribution is 5.58. The molecular formula is C13H18N4O. The second-order valence-electron chi connectivity index (χ2n) is 4.22. The Morgan fingerprint density at radius 1 is 1.22 bits per heavy atom. The van der Waals surface area contributed by atoms with Gasteiger partial charge in [-0.25, -0.2) is 0 Å². The number of hydrogen-bond acceptors (Lipinski definition) is 5. The molecule has 2 aromatic rings. The Morgan fingerprint density at radius 2 is 2.06 bits per heavy atom. The van der Waals surface area contributed by atoms with E-state index in [0.29, 0.717) is 18.5 Å². The Morgan fingerprint density at radius 3 is 2.83 bits per heavy atom. The summed E-state index contributed by atoms with van der Waals surface area (Å²) in [5.74, 6) is 0.588. The quantitative estimate of drug-likeness (QED) is 0.848. The van der Waals surface area contributed by atoms with E-state index in [9.17, 15) is 0 Å². The molecule has 0 aliphatic carbocycles. The van der Waals surface area contributed by atoms with Crippen molar-refractivity contribution < 1.29 is 4.42 Å². The Labute approximate surface area is 107 Å². The van der Waals surface area contributed by atoms with Crippen LogP contribution in [-0.4, -0.2) is 16.7 Å². The lowest BCUT2D eigenvalue weighted by Gasteiger charge is -2.06. The summed E-state index contributed by atoms with van der Waals surface area (Å²) in [6, 6.07) is 6.62. The Bertz CT molecular complexity index is 521. The van der Waals surface area contributed by atoms with Crippen molar-refractivity contribution in [3.63, 3.8) is 0 Å². The maximum Gasteiger partial charge on any atom is 0.320 e. The maximum atomic E-state index is 5.49. The average Bonchev–Trinajstić information content (AvgIpc) is 2.79. The summed E-state index contributed by atoms with van der Waals surface area (Å²) in [5, 5.41) is 14.2. The topological polar surface area (TPSA) is 63.0 Å². The summed E-state index contributed by atoms with van der Waals surface area (Å²) in [4.78, 5) is 0. The molecule has 2 N–H and O–H groups in total. The predicted molar refractivity (Wildman–Crippen MR) is 70.9 cm³/mol. The SMILES string of the molecule is CCNCc1nnc(Nc2cc(C)ccc2C)o1. The molecule has 0 aliphatic heterocycles. The summed E-state index contributed by atoms with van der Waals surface area (Å²) < 4.78 is 5.49. The third-order valence-corrected chi connectivity index (χ3v) is 2.63. The average molecular weight is 246 g/mol. The van der Waals surface area contributed by atoms with Crippen LogP contribution < -0.4 is 10.6 Å². The summed E-state index contributed by atoms with van der Waals surface area (Å²) in [6.07, 6.45) is 0. The zero-order valence-corrected chi connectivity index (χ0v) is 10.9. The standard InChI is InChI=1S/C13H18N4O/c1-4-14-8-12-16-17-13(18-12)15-11-7-9(2)5-6-10(11)3/h5-7,14H,4,8H2,1-3H3,(H,15,17). The van der Waals surface area contributed by atoms with Crippen molar-refractivity contribution in [1.29, 1.82) is 0 Å². The molecule has 0 amide bonds. The van der Waals surface area contributed by atoms with Gasteiger partial charge in [0.15, 0.2) is 0 Å². The molecule has 0 radical (unpaired) electrons. The first-order valence-corrected chi connectivity index (χ1v) is 6.06. The van der Waals surface area contributed by atoms with Crippen LogP contribution >= 0.6 is 0 Å². The highest BCUT2D eigenvalue weighted by Gasteiger charge is 2.07. The van der Waals surface area contributed by atoms with Crippen LogP contribution in [0, 0.1) is 13.8 Å². The predicted octanol–water partition coefficient (Wildman–Crippen LogP) is 2.54. The van der Waals surface area contributed by atoms with E-state index in [0.717, 1.165) is 17.8 Å². The molecular weight excluding hydrogens is 228 g/mol.